The summed E-state index contributed by atoms with van der Waals surface area (Å²) >= 11 is 0. The zero-order valence-corrected chi connectivity index (χ0v) is 22.4. The van der Waals surface area contributed by atoms with Crippen LogP contribution in [0.2, 0.25) is 0 Å². The van der Waals surface area contributed by atoms with Crippen LogP contribution in [0.25, 0.3) is 28.0 Å². The van der Waals surface area contributed by atoms with E-state index in [0.717, 1.165) is 28.8 Å². The van der Waals surface area contributed by atoms with Crippen LogP contribution in [0.15, 0.2) is 162 Å². The van der Waals surface area contributed by atoms with Crippen molar-refractivity contribution in [3.63, 3.8) is 0 Å². The lowest BCUT2D eigenvalue weighted by atomic mass is 9.97. The van der Waals surface area contributed by atoms with E-state index >= 15 is 0 Å². The van der Waals surface area contributed by atoms with E-state index in [1.54, 1.807) is 12.3 Å². The van der Waals surface area contributed by atoms with E-state index in [-0.39, 0.29) is 0 Å². The van der Waals surface area contributed by atoms with E-state index in [2.05, 4.69) is 103 Å². The summed E-state index contributed by atoms with van der Waals surface area (Å²) in [6.07, 6.45) is 14.6. The van der Waals surface area contributed by atoms with Gasteiger partial charge in [-0.3, -0.25) is 9.98 Å². The molecule has 0 radical (unpaired) electrons. The van der Waals surface area contributed by atoms with Gasteiger partial charge in [0.05, 0.1) is 12.3 Å². The second kappa shape index (κ2) is 13.6. The van der Waals surface area contributed by atoms with E-state index in [1.807, 2.05) is 48.7 Å². The van der Waals surface area contributed by atoms with Crippen molar-refractivity contribution in [2.45, 2.75) is 6.42 Å². The highest BCUT2D eigenvalue weighted by atomic mass is 14.9. The van der Waals surface area contributed by atoms with Crippen LogP contribution < -0.4 is 0 Å². The van der Waals surface area contributed by atoms with Gasteiger partial charge < -0.3 is 0 Å². The Hall–Kier alpha value is -5.15. The van der Waals surface area contributed by atoms with E-state index in [4.69, 9.17) is 9.98 Å². The van der Waals surface area contributed by atoms with Crippen LogP contribution in [0.4, 0.5) is 0 Å². The van der Waals surface area contributed by atoms with Gasteiger partial charge in [-0.1, -0.05) is 127 Å². The molecule has 0 aliphatic heterocycles. The van der Waals surface area contributed by atoms with Crippen molar-refractivity contribution in [2.75, 3.05) is 6.54 Å². The summed E-state index contributed by atoms with van der Waals surface area (Å²) in [5, 5.41) is 2.48. The van der Waals surface area contributed by atoms with Crippen LogP contribution in [0.5, 0.6) is 0 Å². The summed E-state index contributed by atoms with van der Waals surface area (Å²) in [4.78, 5) is 14.0. The standard InChI is InChI=1S/C37H31N3/c1-2-26-39-37(33-16-6-4-7-17-33)40-36(21-8-3-5-13-29-14-12-27-38-28-29)32-24-22-31(23-25-32)35-20-11-18-30-15-9-10-19-34(30)35/h2,4-25,27-28H,1,3,26H2/b13-5+,21-8+,39-37-,40-36+. The highest BCUT2D eigenvalue weighted by Crippen LogP contribution is 2.29. The molecule has 0 N–H and O–H groups in total. The lowest BCUT2D eigenvalue weighted by Gasteiger charge is -2.09. The number of pyridine rings is 1. The van der Waals surface area contributed by atoms with E-state index in [1.165, 1.54) is 21.9 Å². The number of benzene rings is 4. The average molecular weight is 518 g/mol. The molecule has 0 atom stereocenters. The second-order valence-corrected chi connectivity index (χ2v) is 9.25. The molecule has 0 spiro atoms. The molecule has 0 aliphatic rings. The Balaban J connectivity index is 1.48. The maximum Gasteiger partial charge on any atom is 0.155 e. The number of aliphatic imine (C=N–C) groups is 2. The Kier molecular flexibility index (Phi) is 8.99. The molecule has 5 aromatic rings. The first-order valence-corrected chi connectivity index (χ1v) is 13.4. The molecule has 0 fully saturated rings. The second-order valence-electron chi connectivity index (χ2n) is 9.25. The zero-order chi connectivity index (χ0) is 27.4. The van der Waals surface area contributed by atoms with E-state index in [9.17, 15) is 0 Å². The van der Waals surface area contributed by atoms with Gasteiger partial charge in [0.25, 0.3) is 0 Å². The Morgan fingerprint density at radius 1 is 0.750 bits per heavy atom. The average Bonchev–Trinajstić information content (AvgIpc) is 3.02. The first-order chi connectivity index (χ1) is 19.8. The van der Waals surface area contributed by atoms with Crippen molar-refractivity contribution in [3.8, 4) is 11.1 Å². The third-order valence-electron chi connectivity index (χ3n) is 6.45. The third-order valence-corrected chi connectivity index (χ3v) is 6.45. The van der Waals surface area contributed by atoms with Gasteiger partial charge in [-0.05, 0) is 46.0 Å². The zero-order valence-electron chi connectivity index (χ0n) is 22.4. The summed E-state index contributed by atoms with van der Waals surface area (Å²) in [6.45, 7) is 4.34. The van der Waals surface area contributed by atoms with E-state index in [0.29, 0.717) is 12.4 Å². The van der Waals surface area contributed by atoms with Crippen molar-refractivity contribution in [3.05, 3.63) is 169 Å². The maximum atomic E-state index is 5.06. The summed E-state index contributed by atoms with van der Waals surface area (Å²) in [6, 6.07) is 37.6. The third kappa shape index (κ3) is 6.83. The van der Waals surface area contributed by atoms with Crippen LogP contribution in [0.1, 0.15) is 23.1 Å². The fourth-order valence-electron chi connectivity index (χ4n) is 4.48. The van der Waals surface area contributed by atoms with Crippen molar-refractivity contribution in [2.24, 2.45) is 9.98 Å². The molecule has 0 amide bonds. The number of hydrogen-bond donors (Lipinski definition) is 0. The number of hydrogen-bond acceptors (Lipinski definition) is 2. The fraction of sp³-hybridized carbons (Fsp3) is 0.0541. The van der Waals surface area contributed by atoms with Crippen molar-refractivity contribution in [1.82, 2.24) is 4.98 Å². The Morgan fingerprint density at radius 3 is 2.35 bits per heavy atom. The minimum atomic E-state index is 0.499. The smallest absolute Gasteiger partial charge is 0.155 e. The molecule has 1 aromatic heterocycles. The van der Waals surface area contributed by atoms with Crippen LogP contribution in [0, 0.1) is 0 Å². The van der Waals surface area contributed by atoms with Crippen molar-refractivity contribution >= 4 is 28.4 Å². The lowest BCUT2D eigenvalue weighted by Crippen LogP contribution is -2.05. The molecule has 0 saturated carbocycles. The summed E-state index contributed by atoms with van der Waals surface area (Å²) in [5.41, 5.74) is 6.32. The van der Waals surface area contributed by atoms with Crippen molar-refractivity contribution in [1.29, 1.82) is 0 Å². The van der Waals surface area contributed by atoms with Crippen LogP contribution in [-0.4, -0.2) is 23.1 Å². The minimum absolute atomic E-state index is 0.499. The highest BCUT2D eigenvalue weighted by Gasteiger charge is 2.08. The van der Waals surface area contributed by atoms with Gasteiger partial charge in [-0.25, -0.2) is 4.99 Å². The van der Waals surface area contributed by atoms with Gasteiger partial charge >= 0.3 is 0 Å². The number of amidine groups is 1. The molecule has 5 rings (SSSR count). The van der Waals surface area contributed by atoms with Gasteiger partial charge in [0, 0.05) is 23.5 Å². The Bertz CT molecular complexity index is 1670. The van der Waals surface area contributed by atoms with E-state index < -0.39 is 0 Å². The molecule has 3 heteroatoms. The first kappa shape index (κ1) is 26.5. The Labute approximate surface area is 236 Å². The summed E-state index contributed by atoms with van der Waals surface area (Å²) in [7, 11) is 0. The minimum Gasteiger partial charge on any atom is -0.264 e. The molecular weight excluding hydrogens is 486 g/mol. The quantitative estimate of drug-likeness (QED) is 0.109. The topological polar surface area (TPSA) is 37.6 Å². The highest BCUT2D eigenvalue weighted by molar-refractivity contribution is 6.17. The molecule has 0 bridgehead atoms. The molecule has 4 aromatic carbocycles. The molecule has 194 valence electrons. The first-order valence-electron chi connectivity index (χ1n) is 13.4. The monoisotopic (exact) mass is 517 g/mol. The molecule has 3 nitrogen and oxygen atoms in total. The van der Waals surface area contributed by atoms with Gasteiger partial charge in [-0.15, -0.1) is 6.58 Å². The van der Waals surface area contributed by atoms with Gasteiger partial charge in [-0.2, -0.15) is 0 Å². The molecule has 0 aliphatic carbocycles. The number of allylic oxidation sites excluding steroid dienone is 3. The van der Waals surface area contributed by atoms with Crippen molar-refractivity contribution < 1.29 is 0 Å². The molecule has 40 heavy (non-hydrogen) atoms. The number of rotatable bonds is 9. The number of nitrogens with zero attached hydrogens (tertiary/aromatic N) is 3. The Morgan fingerprint density at radius 2 is 1.55 bits per heavy atom. The van der Waals surface area contributed by atoms with Gasteiger partial charge in [0.2, 0.25) is 0 Å². The fourth-order valence-corrected chi connectivity index (χ4v) is 4.48. The number of fused-ring (bicyclic) bond motifs is 1. The van der Waals surface area contributed by atoms with Gasteiger partial charge in [0.15, 0.2) is 5.84 Å². The normalized spacial score (nSPS) is 12.4. The van der Waals surface area contributed by atoms with Crippen LogP contribution in [-0.2, 0) is 0 Å². The molecule has 1 heterocycles. The lowest BCUT2D eigenvalue weighted by molar-refractivity contribution is 1.23. The predicted octanol–water partition coefficient (Wildman–Crippen LogP) is 8.98. The molecule has 0 saturated heterocycles. The summed E-state index contributed by atoms with van der Waals surface area (Å²) in [5.74, 6) is 0.684. The summed E-state index contributed by atoms with van der Waals surface area (Å²) < 4.78 is 0. The predicted molar refractivity (Wildman–Crippen MR) is 171 cm³/mol. The van der Waals surface area contributed by atoms with Crippen LogP contribution >= 0.6 is 0 Å². The number of aromatic nitrogens is 1. The largest absolute Gasteiger partial charge is 0.264 e. The maximum absolute atomic E-state index is 5.06. The SMILES string of the molecule is C=CC\N=C(/N=C(\C=C\C/C=C/c1cccnc1)c1ccc(-c2cccc3ccccc23)cc1)c1ccccc1. The molecular formula is C37H31N3. The van der Waals surface area contributed by atoms with Crippen LogP contribution in [0.3, 0.4) is 0 Å². The van der Waals surface area contributed by atoms with Gasteiger partial charge in [0.1, 0.15) is 0 Å². The molecule has 0 unspecified atom stereocenters.